The summed E-state index contributed by atoms with van der Waals surface area (Å²) in [6, 6.07) is 4.86. The summed E-state index contributed by atoms with van der Waals surface area (Å²) in [4.78, 5) is 33.4. The summed E-state index contributed by atoms with van der Waals surface area (Å²) >= 11 is 0. The van der Waals surface area contributed by atoms with Crippen molar-refractivity contribution in [3.05, 3.63) is 29.8 Å². The van der Waals surface area contributed by atoms with Crippen LogP contribution >= 0.6 is 0 Å². The Morgan fingerprint density at radius 3 is 1.93 bits per heavy atom. The lowest BCUT2D eigenvalue weighted by Gasteiger charge is -2.12. The molecule has 2 aliphatic heterocycles. The lowest BCUT2D eigenvalue weighted by molar-refractivity contribution is -0.162. The maximum absolute atomic E-state index is 11.5. The highest BCUT2D eigenvalue weighted by Crippen LogP contribution is 2.11. The number of nitrogens with two attached hydrogens (primary N) is 1. The molecule has 3 rings (SSSR count). The first-order valence-corrected chi connectivity index (χ1v) is 9.35. The minimum Gasteiger partial charge on any atom is -0.508 e. The maximum Gasteiger partial charge on any atom is 0.330 e. The number of esters is 2. The first kappa shape index (κ1) is 21.8. The van der Waals surface area contributed by atoms with Crippen molar-refractivity contribution in [2.75, 3.05) is 13.1 Å². The number of carboxylic acid groups (broad SMARTS) is 1. The lowest BCUT2D eigenvalue weighted by atomic mass is 10.1. The van der Waals surface area contributed by atoms with Crippen molar-refractivity contribution in [1.29, 1.82) is 0 Å². The third-order valence-corrected chi connectivity index (χ3v) is 4.60. The molecule has 1 aromatic carbocycles. The van der Waals surface area contributed by atoms with Crippen LogP contribution in [-0.4, -0.2) is 59.3 Å². The largest absolute Gasteiger partial charge is 0.508 e. The Morgan fingerprint density at radius 1 is 1.04 bits per heavy atom. The van der Waals surface area contributed by atoms with E-state index in [1.165, 1.54) is 12.1 Å². The highest BCUT2D eigenvalue weighted by molar-refractivity contribution is 5.91. The van der Waals surface area contributed by atoms with Crippen molar-refractivity contribution >= 4 is 17.9 Å². The number of phenols is 1. The van der Waals surface area contributed by atoms with Crippen molar-refractivity contribution in [3.63, 3.8) is 0 Å². The monoisotopic (exact) mass is 393 g/mol. The number of ether oxygens (including phenoxy) is 1. The molecule has 0 saturated carbocycles. The molecule has 0 radical (unpaired) electrons. The second-order valence-corrected chi connectivity index (χ2v) is 6.85. The van der Waals surface area contributed by atoms with E-state index in [-0.39, 0.29) is 24.3 Å². The van der Waals surface area contributed by atoms with E-state index in [0.29, 0.717) is 0 Å². The fraction of sp³-hybridized carbons (Fsp3) is 0.526. The minimum atomic E-state index is -1.02. The Hall–Kier alpha value is -2.49. The number of benzene rings is 1. The number of hydrogen-bond acceptors (Lipinski definition) is 8. The third-order valence-electron chi connectivity index (χ3n) is 4.60. The molecule has 0 unspecified atom stereocenters. The highest BCUT2D eigenvalue weighted by atomic mass is 16.6. The van der Waals surface area contributed by atoms with Gasteiger partial charge in [-0.15, -0.1) is 0 Å². The van der Waals surface area contributed by atoms with Crippen LogP contribution < -0.4 is 16.4 Å². The van der Waals surface area contributed by atoms with Gasteiger partial charge in [-0.3, -0.25) is 4.79 Å². The fourth-order valence-electron chi connectivity index (χ4n) is 2.99. The molecule has 28 heavy (non-hydrogen) atoms. The van der Waals surface area contributed by atoms with Crippen LogP contribution in [0.1, 0.15) is 31.2 Å². The van der Waals surface area contributed by atoms with E-state index in [4.69, 9.17) is 20.7 Å². The van der Waals surface area contributed by atoms with Crippen LogP contribution in [0.25, 0.3) is 0 Å². The molecule has 2 fully saturated rings. The van der Waals surface area contributed by atoms with Gasteiger partial charge in [-0.2, -0.15) is 0 Å². The molecular formula is C19H27N3O6. The number of nitrogens with one attached hydrogen (secondary N) is 2. The summed E-state index contributed by atoms with van der Waals surface area (Å²) < 4.78 is 4.82. The van der Waals surface area contributed by atoms with Crippen LogP contribution in [0.15, 0.2) is 24.3 Å². The Morgan fingerprint density at radius 2 is 1.54 bits per heavy atom. The second-order valence-electron chi connectivity index (χ2n) is 6.85. The van der Waals surface area contributed by atoms with E-state index in [9.17, 15) is 14.4 Å². The normalized spacial score (nSPS) is 22.0. The smallest absolute Gasteiger partial charge is 0.330 e. The number of carbonyl (C=O) groups is 3. The molecular weight excluding hydrogens is 366 g/mol. The zero-order valence-electron chi connectivity index (χ0n) is 15.6. The predicted molar refractivity (Wildman–Crippen MR) is 101 cm³/mol. The van der Waals surface area contributed by atoms with Gasteiger partial charge in [-0.1, -0.05) is 12.1 Å². The first-order chi connectivity index (χ1) is 13.4. The highest BCUT2D eigenvalue weighted by Gasteiger charge is 2.30. The van der Waals surface area contributed by atoms with Gasteiger partial charge in [0.2, 0.25) is 0 Å². The van der Waals surface area contributed by atoms with Gasteiger partial charge in [0.25, 0.3) is 0 Å². The van der Waals surface area contributed by atoms with E-state index in [1.807, 2.05) is 0 Å². The number of phenolic OH excluding ortho intramolecular Hbond substituents is 1. The molecule has 2 saturated heterocycles. The number of rotatable bonds is 5. The molecule has 2 heterocycles. The van der Waals surface area contributed by atoms with Crippen molar-refractivity contribution in [3.8, 4) is 5.75 Å². The molecule has 3 atom stereocenters. The van der Waals surface area contributed by atoms with Crippen molar-refractivity contribution in [1.82, 2.24) is 10.6 Å². The Balaban J connectivity index is 0.000000203. The molecule has 9 heteroatoms. The van der Waals surface area contributed by atoms with Gasteiger partial charge >= 0.3 is 17.9 Å². The zero-order valence-corrected chi connectivity index (χ0v) is 15.6. The summed E-state index contributed by atoms with van der Waals surface area (Å²) in [7, 11) is 0. The predicted octanol–water partition coefficient (Wildman–Crippen LogP) is -0.0932. The standard InChI is InChI=1S/C10H16N2O3.C9H11NO3/c13-9(7-3-1-5-11-7)15-10(14)8-4-2-6-12-8;10-8(9(12)13)5-6-1-3-7(11)4-2-6/h7-8,11-12H,1-6H2;1-4,8,11H,5,10H2,(H,12,13)/t7-,8-;8-/m00/s1. The van der Waals surface area contributed by atoms with Gasteiger partial charge in [0.15, 0.2) is 0 Å². The molecule has 154 valence electrons. The van der Waals surface area contributed by atoms with Crippen molar-refractivity contribution in [2.24, 2.45) is 5.73 Å². The fourth-order valence-corrected chi connectivity index (χ4v) is 2.99. The Kier molecular flexibility index (Phi) is 8.37. The van der Waals surface area contributed by atoms with Crippen LogP contribution in [0.4, 0.5) is 0 Å². The number of carbonyl (C=O) groups excluding carboxylic acids is 2. The molecule has 0 aliphatic carbocycles. The van der Waals surface area contributed by atoms with Gasteiger partial charge in [0, 0.05) is 0 Å². The molecule has 6 N–H and O–H groups in total. The van der Waals surface area contributed by atoms with Gasteiger partial charge < -0.3 is 31.3 Å². The van der Waals surface area contributed by atoms with Crippen LogP contribution in [0.2, 0.25) is 0 Å². The molecule has 0 amide bonds. The molecule has 0 spiro atoms. The summed E-state index contributed by atoms with van der Waals surface area (Å²) in [5, 5.41) is 23.5. The van der Waals surface area contributed by atoms with Crippen molar-refractivity contribution < 1.29 is 29.3 Å². The van der Waals surface area contributed by atoms with E-state index in [2.05, 4.69) is 10.6 Å². The Bertz CT molecular complexity index is 641. The quantitative estimate of drug-likeness (QED) is 0.341. The molecule has 1 aromatic rings. The van der Waals surface area contributed by atoms with Gasteiger partial charge in [-0.25, -0.2) is 9.59 Å². The van der Waals surface area contributed by atoms with Crippen molar-refractivity contribution in [2.45, 2.75) is 50.2 Å². The summed E-state index contributed by atoms with van der Waals surface area (Å²) in [6.45, 7) is 1.66. The topological polar surface area (TPSA) is 151 Å². The average molecular weight is 393 g/mol. The van der Waals surface area contributed by atoms with E-state index >= 15 is 0 Å². The van der Waals surface area contributed by atoms with Crippen LogP contribution in [0.3, 0.4) is 0 Å². The molecule has 0 bridgehead atoms. The number of aliphatic carboxylic acids is 1. The minimum absolute atomic E-state index is 0.160. The molecule has 9 nitrogen and oxygen atoms in total. The lowest BCUT2D eigenvalue weighted by Crippen LogP contribution is -2.39. The zero-order chi connectivity index (χ0) is 20.5. The number of aromatic hydroxyl groups is 1. The SMILES string of the molecule is N[C@@H](Cc1ccc(O)cc1)C(=O)O.O=C(OC(=O)[C@@H]1CCCN1)[C@@H]1CCCN1. The van der Waals surface area contributed by atoms with E-state index < -0.39 is 23.9 Å². The van der Waals surface area contributed by atoms with Gasteiger partial charge in [0.1, 0.15) is 23.9 Å². The Labute approximate surface area is 163 Å². The summed E-state index contributed by atoms with van der Waals surface area (Å²) in [6.07, 6.45) is 3.75. The third kappa shape index (κ3) is 6.91. The number of carboxylic acids is 1. The second kappa shape index (κ2) is 10.7. The number of hydrogen-bond donors (Lipinski definition) is 5. The first-order valence-electron chi connectivity index (χ1n) is 9.35. The van der Waals surface area contributed by atoms with Gasteiger partial charge in [-0.05, 0) is 62.9 Å². The molecule has 0 aromatic heterocycles. The van der Waals surface area contributed by atoms with Crippen LogP contribution in [0.5, 0.6) is 5.75 Å². The van der Waals surface area contributed by atoms with Crippen LogP contribution in [-0.2, 0) is 25.5 Å². The average Bonchev–Trinajstić information content (AvgIpc) is 3.38. The molecule has 2 aliphatic rings. The maximum atomic E-state index is 11.5. The summed E-state index contributed by atoms with van der Waals surface area (Å²) in [5.41, 5.74) is 6.12. The van der Waals surface area contributed by atoms with Gasteiger partial charge in [0.05, 0.1) is 0 Å². The van der Waals surface area contributed by atoms with E-state index in [0.717, 1.165) is 44.3 Å². The van der Waals surface area contributed by atoms with E-state index in [1.54, 1.807) is 12.1 Å². The van der Waals surface area contributed by atoms with Crippen LogP contribution in [0, 0.1) is 0 Å². The summed E-state index contributed by atoms with van der Waals surface area (Å²) in [5.74, 6) is -1.71.